The molecule has 0 spiro atoms. The van der Waals surface area contributed by atoms with Crippen LogP contribution in [0.25, 0.3) is 5.65 Å². The molecule has 1 aliphatic heterocycles. The van der Waals surface area contributed by atoms with E-state index in [4.69, 9.17) is 5.73 Å². The fourth-order valence-corrected chi connectivity index (χ4v) is 2.73. The standard InChI is InChI=1S/C15H21N5O/c16-5-4-15(21)19-9-7-18(8-10-19)11-13-12-20-6-2-1-3-14(20)17-13/h1-3,6,12H,4-5,7-11,16H2. The molecule has 1 aliphatic rings. The first-order valence-corrected chi connectivity index (χ1v) is 7.39. The maximum absolute atomic E-state index is 11.8. The third-order valence-electron chi connectivity index (χ3n) is 3.88. The number of rotatable bonds is 4. The molecule has 3 heterocycles. The lowest BCUT2D eigenvalue weighted by molar-refractivity contribution is -0.132. The van der Waals surface area contributed by atoms with Crippen LogP contribution in [0.3, 0.4) is 0 Å². The number of pyridine rings is 1. The Bertz CT molecular complexity index is 582. The topological polar surface area (TPSA) is 66.9 Å². The maximum atomic E-state index is 11.8. The number of hydrogen-bond donors (Lipinski definition) is 1. The average molecular weight is 287 g/mol. The SMILES string of the molecule is NCCC(=O)N1CCN(Cc2cn3ccccc3n2)CC1. The summed E-state index contributed by atoms with van der Waals surface area (Å²) >= 11 is 0. The van der Waals surface area contributed by atoms with Gasteiger partial charge in [0, 0.05) is 58.1 Å². The Morgan fingerprint density at radius 3 is 2.76 bits per heavy atom. The molecular formula is C15H21N5O. The van der Waals surface area contributed by atoms with Gasteiger partial charge in [-0.15, -0.1) is 0 Å². The lowest BCUT2D eigenvalue weighted by atomic mass is 10.2. The highest BCUT2D eigenvalue weighted by Crippen LogP contribution is 2.10. The van der Waals surface area contributed by atoms with E-state index in [1.807, 2.05) is 33.7 Å². The Hall–Kier alpha value is -1.92. The van der Waals surface area contributed by atoms with Gasteiger partial charge in [-0.05, 0) is 12.1 Å². The molecule has 0 unspecified atom stereocenters. The minimum absolute atomic E-state index is 0.171. The van der Waals surface area contributed by atoms with Crippen LogP contribution in [0.1, 0.15) is 12.1 Å². The van der Waals surface area contributed by atoms with Gasteiger partial charge in [0.25, 0.3) is 0 Å². The second-order valence-corrected chi connectivity index (χ2v) is 5.39. The smallest absolute Gasteiger partial charge is 0.223 e. The summed E-state index contributed by atoms with van der Waals surface area (Å²) in [6.45, 7) is 4.62. The molecule has 112 valence electrons. The molecule has 0 bridgehead atoms. The third kappa shape index (κ3) is 3.22. The van der Waals surface area contributed by atoms with Crippen molar-refractivity contribution in [1.82, 2.24) is 19.2 Å². The summed E-state index contributed by atoms with van der Waals surface area (Å²) in [6.07, 6.45) is 4.53. The van der Waals surface area contributed by atoms with Crippen LogP contribution in [0, 0.1) is 0 Å². The molecule has 1 saturated heterocycles. The van der Waals surface area contributed by atoms with Gasteiger partial charge in [-0.1, -0.05) is 6.07 Å². The van der Waals surface area contributed by atoms with Crippen LogP contribution < -0.4 is 5.73 Å². The molecule has 0 saturated carbocycles. The van der Waals surface area contributed by atoms with Crippen molar-refractivity contribution >= 4 is 11.6 Å². The second-order valence-electron chi connectivity index (χ2n) is 5.39. The highest BCUT2D eigenvalue weighted by molar-refractivity contribution is 5.76. The van der Waals surface area contributed by atoms with E-state index in [9.17, 15) is 4.79 Å². The molecule has 3 rings (SSSR count). The van der Waals surface area contributed by atoms with E-state index in [1.54, 1.807) is 0 Å². The fourth-order valence-electron chi connectivity index (χ4n) is 2.73. The first-order valence-electron chi connectivity index (χ1n) is 7.39. The number of nitrogens with two attached hydrogens (primary N) is 1. The highest BCUT2D eigenvalue weighted by Gasteiger charge is 2.20. The van der Waals surface area contributed by atoms with Crippen molar-refractivity contribution in [2.75, 3.05) is 32.7 Å². The molecular weight excluding hydrogens is 266 g/mol. The number of carbonyl (C=O) groups is 1. The molecule has 0 atom stereocenters. The Morgan fingerprint density at radius 1 is 1.24 bits per heavy atom. The summed E-state index contributed by atoms with van der Waals surface area (Å²) in [4.78, 5) is 20.7. The van der Waals surface area contributed by atoms with Gasteiger partial charge in [0.05, 0.1) is 5.69 Å². The molecule has 2 aromatic rings. The number of nitrogens with zero attached hydrogens (tertiary/aromatic N) is 4. The zero-order chi connectivity index (χ0) is 14.7. The van der Waals surface area contributed by atoms with E-state index < -0.39 is 0 Å². The minimum atomic E-state index is 0.171. The van der Waals surface area contributed by atoms with E-state index in [0.29, 0.717) is 13.0 Å². The van der Waals surface area contributed by atoms with Gasteiger partial charge in [0.15, 0.2) is 0 Å². The summed E-state index contributed by atoms with van der Waals surface area (Å²) < 4.78 is 2.04. The summed E-state index contributed by atoms with van der Waals surface area (Å²) in [5.74, 6) is 0.171. The lowest BCUT2D eigenvalue weighted by Gasteiger charge is -2.34. The Morgan fingerprint density at radius 2 is 2.05 bits per heavy atom. The molecule has 6 heteroatoms. The summed E-state index contributed by atoms with van der Waals surface area (Å²) in [5, 5.41) is 0. The van der Waals surface area contributed by atoms with Gasteiger partial charge in [0.2, 0.25) is 5.91 Å². The number of piperazine rings is 1. The minimum Gasteiger partial charge on any atom is -0.340 e. The Kier molecular flexibility index (Phi) is 4.17. The predicted octanol–water partition coefficient (Wildman–Crippen LogP) is 0.327. The molecule has 1 amide bonds. The normalized spacial score (nSPS) is 16.5. The molecule has 2 aromatic heterocycles. The number of aromatic nitrogens is 2. The summed E-state index contributed by atoms with van der Waals surface area (Å²) in [7, 11) is 0. The van der Waals surface area contributed by atoms with Crippen molar-refractivity contribution in [3.05, 3.63) is 36.3 Å². The fraction of sp³-hybridized carbons (Fsp3) is 0.467. The molecule has 6 nitrogen and oxygen atoms in total. The molecule has 0 radical (unpaired) electrons. The van der Waals surface area contributed by atoms with Crippen molar-refractivity contribution in [2.45, 2.75) is 13.0 Å². The van der Waals surface area contributed by atoms with E-state index in [1.165, 1.54) is 0 Å². The number of amides is 1. The van der Waals surface area contributed by atoms with E-state index in [2.05, 4.69) is 16.1 Å². The van der Waals surface area contributed by atoms with Crippen LogP contribution in [-0.4, -0.2) is 57.8 Å². The monoisotopic (exact) mass is 287 g/mol. The highest BCUT2D eigenvalue weighted by atomic mass is 16.2. The van der Waals surface area contributed by atoms with Crippen LogP contribution in [0.2, 0.25) is 0 Å². The first-order chi connectivity index (χ1) is 10.3. The third-order valence-corrected chi connectivity index (χ3v) is 3.88. The van der Waals surface area contributed by atoms with Gasteiger partial charge in [-0.25, -0.2) is 4.98 Å². The molecule has 1 fully saturated rings. The van der Waals surface area contributed by atoms with E-state index in [-0.39, 0.29) is 5.91 Å². The van der Waals surface area contributed by atoms with Crippen molar-refractivity contribution in [2.24, 2.45) is 5.73 Å². The molecule has 0 aliphatic carbocycles. The predicted molar refractivity (Wildman–Crippen MR) is 80.7 cm³/mol. The van der Waals surface area contributed by atoms with Crippen molar-refractivity contribution in [1.29, 1.82) is 0 Å². The van der Waals surface area contributed by atoms with E-state index in [0.717, 1.165) is 44.1 Å². The summed E-state index contributed by atoms with van der Waals surface area (Å²) in [6, 6.07) is 6.00. The number of carbonyl (C=O) groups excluding carboxylic acids is 1. The van der Waals surface area contributed by atoms with Crippen LogP contribution >= 0.6 is 0 Å². The Balaban J connectivity index is 1.56. The van der Waals surface area contributed by atoms with Crippen molar-refractivity contribution in [3.8, 4) is 0 Å². The zero-order valence-electron chi connectivity index (χ0n) is 12.1. The largest absolute Gasteiger partial charge is 0.340 e. The quantitative estimate of drug-likeness (QED) is 0.880. The van der Waals surface area contributed by atoms with E-state index >= 15 is 0 Å². The molecule has 2 N–H and O–H groups in total. The van der Waals surface area contributed by atoms with Gasteiger partial charge < -0.3 is 15.0 Å². The van der Waals surface area contributed by atoms with Crippen molar-refractivity contribution in [3.63, 3.8) is 0 Å². The van der Waals surface area contributed by atoms with Gasteiger partial charge in [-0.3, -0.25) is 9.69 Å². The maximum Gasteiger partial charge on any atom is 0.223 e. The van der Waals surface area contributed by atoms with Crippen LogP contribution in [-0.2, 0) is 11.3 Å². The summed E-state index contributed by atoms with van der Waals surface area (Å²) in [5.41, 5.74) is 7.48. The second kappa shape index (κ2) is 6.24. The van der Waals surface area contributed by atoms with Gasteiger partial charge in [0.1, 0.15) is 5.65 Å². The zero-order valence-corrected chi connectivity index (χ0v) is 12.1. The molecule has 0 aromatic carbocycles. The van der Waals surface area contributed by atoms with Crippen LogP contribution in [0.4, 0.5) is 0 Å². The van der Waals surface area contributed by atoms with Crippen molar-refractivity contribution < 1.29 is 4.79 Å². The average Bonchev–Trinajstić information content (AvgIpc) is 2.90. The van der Waals surface area contributed by atoms with Gasteiger partial charge in [-0.2, -0.15) is 0 Å². The van der Waals surface area contributed by atoms with Gasteiger partial charge >= 0.3 is 0 Å². The Labute approximate surface area is 124 Å². The first kappa shape index (κ1) is 14.0. The number of fused-ring (bicyclic) bond motifs is 1. The number of hydrogen-bond acceptors (Lipinski definition) is 4. The van der Waals surface area contributed by atoms with Crippen LogP contribution in [0.15, 0.2) is 30.6 Å². The number of imidazole rings is 1. The molecule has 21 heavy (non-hydrogen) atoms. The lowest BCUT2D eigenvalue weighted by Crippen LogP contribution is -2.48. The van der Waals surface area contributed by atoms with Crippen LogP contribution in [0.5, 0.6) is 0 Å².